The lowest BCUT2D eigenvalue weighted by atomic mass is 10.1. The van der Waals surface area contributed by atoms with Crippen LogP contribution < -0.4 is 0 Å². The molecule has 3 unspecified atom stereocenters. The van der Waals surface area contributed by atoms with E-state index in [4.69, 9.17) is 32.1 Å². The maximum Gasteiger partial charge on any atom is 0.267 e. The molecule has 0 aliphatic carbocycles. The van der Waals surface area contributed by atoms with Crippen LogP contribution in [0.2, 0.25) is 5.02 Å². The van der Waals surface area contributed by atoms with Gasteiger partial charge in [0.05, 0.1) is 6.26 Å². The Morgan fingerprint density at radius 2 is 1.78 bits per heavy atom. The van der Waals surface area contributed by atoms with Gasteiger partial charge in [0.25, 0.3) is 10.1 Å². The zero-order valence-electron chi connectivity index (χ0n) is 20.0. The number of rotatable bonds is 13. The van der Waals surface area contributed by atoms with Crippen molar-refractivity contribution in [2.75, 3.05) is 19.4 Å². The Morgan fingerprint density at radius 3 is 2.39 bits per heavy atom. The molecule has 196 valence electrons. The molecular formula is C25H29BrCl2N2O5S. The van der Waals surface area contributed by atoms with Crippen LogP contribution in [0.3, 0.4) is 0 Å². The molecule has 0 bridgehead atoms. The fourth-order valence-corrected chi connectivity index (χ4v) is 4.93. The number of halogens is 3. The topological polar surface area (TPSA) is 76.2 Å². The molecule has 0 aromatic heterocycles. The molecule has 3 rings (SSSR count). The summed E-state index contributed by atoms with van der Waals surface area (Å²) in [5.41, 5.74) is 0.560. The summed E-state index contributed by atoms with van der Waals surface area (Å²) in [5, 5.41) is 0.582. The second-order valence-electron chi connectivity index (χ2n) is 8.36. The summed E-state index contributed by atoms with van der Waals surface area (Å²) in [6.45, 7) is 2.77. The fourth-order valence-electron chi connectivity index (χ4n) is 3.64. The molecule has 1 aliphatic heterocycles. The number of benzene rings is 2. The number of carbonyl (C=O) groups is 1. The molecule has 2 aromatic rings. The molecule has 7 nitrogen and oxygen atoms in total. The van der Waals surface area contributed by atoms with Gasteiger partial charge < -0.3 is 14.5 Å². The van der Waals surface area contributed by atoms with Gasteiger partial charge in [-0.1, -0.05) is 76.7 Å². The number of carbonyl (C=O) groups excluding carboxylic acids is 1. The van der Waals surface area contributed by atoms with Gasteiger partial charge in [-0.2, -0.15) is 8.42 Å². The van der Waals surface area contributed by atoms with Crippen LogP contribution >= 0.6 is 39.1 Å². The van der Waals surface area contributed by atoms with E-state index in [0.717, 1.165) is 29.1 Å². The molecule has 0 fully saturated rings. The number of Topliss-reactive ketones (excluding diaryl/α,β-unsaturated/α-hetero) is 1. The maximum absolute atomic E-state index is 12.7. The number of alkyl halides is 1. The lowest BCUT2D eigenvalue weighted by Gasteiger charge is -2.37. The first kappa shape index (κ1) is 28.9. The number of hydrogen-bond acceptors (Lipinski definition) is 7. The van der Waals surface area contributed by atoms with Gasteiger partial charge in [-0.3, -0.25) is 4.79 Å². The van der Waals surface area contributed by atoms with Crippen LogP contribution in [0.15, 0.2) is 65.4 Å². The van der Waals surface area contributed by atoms with Crippen molar-refractivity contribution >= 4 is 55.0 Å². The zero-order chi connectivity index (χ0) is 26.3. The quantitative estimate of drug-likeness (QED) is 0.0875. The van der Waals surface area contributed by atoms with Gasteiger partial charge in [-0.05, 0) is 36.2 Å². The predicted octanol–water partition coefficient (Wildman–Crippen LogP) is 6.15. The largest absolute Gasteiger partial charge is 0.370 e. The lowest BCUT2D eigenvalue weighted by molar-refractivity contribution is -0.0627. The molecule has 3 atom stereocenters. The predicted molar refractivity (Wildman–Crippen MR) is 145 cm³/mol. The average Bonchev–Trinajstić information content (AvgIpc) is 3.22. The Labute approximate surface area is 231 Å². The SMILES string of the molecule is CCCCOC(c1ccc(Cl)cc1)C(Cl)N1C=CN(CCC(=O)c2ccc(Br)cc2)C1OS(C)(=O)=O. The smallest absolute Gasteiger partial charge is 0.267 e. The molecule has 0 spiro atoms. The Morgan fingerprint density at radius 1 is 1.11 bits per heavy atom. The highest BCUT2D eigenvalue weighted by molar-refractivity contribution is 9.10. The third-order valence-corrected chi connectivity index (χ3v) is 7.28. The van der Waals surface area contributed by atoms with Crippen molar-refractivity contribution in [3.05, 3.63) is 81.6 Å². The van der Waals surface area contributed by atoms with E-state index in [1.807, 2.05) is 12.1 Å². The molecule has 2 aromatic carbocycles. The molecule has 36 heavy (non-hydrogen) atoms. The second kappa shape index (κ2) is 13.3. The van der Waals surface area contributed by atoms with E-state index in [1.54, 1.807) is 58.6 Å². The Hall–Kier alpha value is -1.62. The summed E-state index contributed by atoms with van der Waals surface area (Å²) in [6, 6.07) is 14.2. The Balaban J connectivity index is 1.79. The van der Waals surface area contributed by atoms with Crippen LogP contribution in [0.5, 0.6) is 0 Å². The van der Waals surface area contributed by atoms with Crippen molar-refractivity contribution in [2.45, 2.75) is 44.1 Å². The Kier molecular flexibility index (Phi) is 10.7. The van der Waals surface area contributed by atoms with Gasteiger partial charge in [0.15, 0.2) is 5.78 Å². The molecule has 0 saturated heterocycles. The fraction of sp³-hybridized carbons (Fsp3) is 0.400. The van der Waals surface area contributed by atoms with Crippen molar-refractivity contribution in [3.8, 4) is 0 Å². The summed E-state index contributed by atoms with van der Waals surface area (Å²) in [6.07, 6.45) is 4.60. The van der Waals surface area contributed by atoms with E-state index in [2.05, 4.69) is 22.9 Å². The van der Waals surface area contributed by atoms with Gasteiger partial charge in [0.1, 0.15) is 11.6 Å². The molecule has 0 radical (unpaired) electrons. The highest BCUT2D eigenvalue weighted by atomic mass is 79.9. The van der Waals surface area contributed by atoms with Crippen LogP contribution in [-0.4, -0.2) is 55.3 Å². The number of ketones is 1. The van der Waals surface area contributed by atoms with E-state index in [-0.39, 0.29) is 18.7 Å². The highest BCUT2D eigenvalue weighted by Crippen LogP contribution is 2.34. The van der Waals surface area contributed by atoms with Crippen LogP contribution in [0.4, 0.5) is 0 Å². The first-order valence-electron chi connectivity index (χ1n) is 11.5. The highest BCUT2D eigenvalue weighted by Gasteiger charge is 2.38. The van der Waals surface area contributed by atoms with Crippen LogP contribution in [0, 0.1) is 0 Å². The van der Waals surface area contributed by atoms with Gasteiger partial charge in [0, 0.05) is 47.0 Å². The molecule has 0 amide bonds. The standard InChI is InChI=1S/C25H29BrCl2N2O5S/c1-3-4-17-34-23(19-7-11-21(27)12-8-19)24(28)30-16-15-29(25(30)35-36(2,32)33)14-13-22(31)18-5-9-20(26)10-6-18/h5-12,15-16,23-25H,3-4,13-14,17H2,1-2H3. The number of nitrogens with zero attached hydrogens (tertiary/aromatic N) is 2. The van der Waals surface area contributed by atoms with Crippen molar-refractivity contribution in [3.63, 3.8) is 0 Å². The van der Waals surface area contributed by atoms with E-state index in [0.29, 0.717) is 17.2 Å². The van der Waals surface area contributed by atoms with E-state index in [1.165, 1.54) is 0 Å². The van der Waals surface area contributed by atoms with Gasteiger partial charge in [-0.25, -0.2) is 4.18 Å². The van der Waals surface area contributed by atoms with E-state index < -0.39 is 28.1 Å². The molecule has 0 saturated carbocycles. The molecular weight excluding hydrogens is 591 g/mol. The van der Waals surface area contributed by atoms with Crippen LogP contribution in [-0.2, 0) is 19.0 Å². The average molecular weight is 620 g/mol. The Bertz CT molecular complexity index is 1150. The van der Waals surface area contributed by atoms with Crippen molar-refractivity contribution in [1.82, 2.24) is 9.80 Å². The summed E-state index contributed by atoms with van der Waals surface area (Å²) in [7, 11) is -3.85. The monoisotopic (exact) mass is 618 g/mol. The number of hydrogen-bond donors (Lipinski definition) is 0. The maximum atomic E-state index is 12.7. The number of ether oxygens (including phenoxy) is 1. The van der Waals surface area contributed by atoms with Gasteiger partial charge in [0.2, 0.25) is 6.35 Å². The minimum atomic E-state index is -3.85. The minimum absolute atomic E-state index is 0.0724. The van der Waals surface area contributed by atoms with Gasteiger partial charge >= 0.3 is 0 Å². The number of unbranched alkanes of at least 4 members (excludes halogenated alkanes) is 1. The first-order chi connectivity index (χ1) is 17.1. The molecule has 1 heterocycles. The van der Waals surface area contributed by atoms with Crippen molar-refractivity contribution in [2.24, 2.45) is 0 Å². The minimum Gasteiger partial charge on any atom is -0.370 e. The van der Waals surface area contributed by atoms with Gasteiger partial charge in [-0.15, -0.1) is 0 Å². The molecule has 1 aliphatic rings. The third-order valence-electron chi connectivity index (χ3n) is 5.52. The van der Waals surface area contributed by atoms with Crippen molar-refractivity contribution < 1.29 is 22.1 Å². The second-order valence-corrected chi connectivity index (χ2v) is 11.8. The zero-order valence-corrected chi connectivity index (χ0v) is 23.9. The summed E-state index contributed by atoms with van der Waals surface area (Å²) in [5.74, 6) is -0.0724. The molecule has 0 N–H and O–H groups in total. The summed E-state index contributed by atoms with van der Waals surface area (Å²) >= 11 is 16.3. The van der Waals surface area contributed by atoms with Crippen molar-refractivity contribution in [1.29, 1.82) is 0 Å². The van der Waals surface area contributed by atoms with E-state index in [9.17, 15) is 13.2 Å². The lowest BCUT2D eigenvalue weighted by Crippen LogP contribution is -2.47. The summed E-state index contributed by atoms with van der Waals surface area (Å²) in [4.78, 5) is 15.9. The summed E-state index contributed by atoms with van der Waals surface area (Å²) < 4.78 is 36.7. The van der Waals surface area contributed by atoms with Crippen LogP contribution in [0.1, 0.15) is 48.2 Å². The first-order valence-corrected chi connectivity index (χ1v) is 14.9. The van der Waals surface area contributed by atoms with Crippen LogP contribution in [0.25, 0.3) is 0 Å². The van der Waals surface area contributed by atoms with E-state index >= 15 is 0 Å². The molecule has 11 heteroatoms. The third kappa shape index (κ3) is 8.19. The normalized spacial score (nSPS) is 17.4.